The summed E-state index contributed by atoms with van der Waals surface area (Å²) < 4.78 is 0. The largest absolute Gasteiger partial charge is 0.312 e. The van der Waals surface area contributed by atoms with E-state index in [2.05, 4.69) is 0 Å². The van der Waals surface area contributed by atoms with Gasteiger partial charge in [-0.25, -0.2) is 0 Å². The van der Waals surface area contributed by atoms with Crippen LogP contribution in [0.5, 0.6) is 0 Å². The molecule has 1 aromatic rings. The molecular weight excluding hydrogens is 192 g/mol. The van der Waals surface area contributed by atoms with Crippen molar-refractivity contribution in [2.24, 2.45) is 0 Å². The number of hydrogen-bond donors (Lipinski definition) is 0. The zero-order chi connectivity index (χ0) is 10.8. The molecular formula is C11H16N2S. The number of rotatable bonds is 2. The Morgan fingerprint density at radius 2 is 1.71 bits per heavy atom. The SMILES string of the molecule is CN(C)C.N#CSCc1ccccc1. The molecule has 0 aliphatic carbocycles. The normalized spacial score (nSPS) is 8.79. The molecule has 0 saturated carbocycles. The summed E-state index contributed by atoms with van der Waals surface area (Å²) in [6, 6.07) is 9.97. The smallest absolute Gasteiger partial charge is 0.133 e. The van der Waals surface area contributed by atoms with Crippen LogP contribution in [-0.2, 0) is 5.75 Å². The Morgan fingerprint density at radius 1 is 1.21 bits per heavy atom. The molecule has 0 spiro atoms. The summed E-state index contributed by atoms with van der Waals surface area (Å²) in [5.41, 5.74) is 1.20. The molecule has 0 atom stereocenters. The molecule has 1 aromatic carbocycles. The molecule has 3 heteroatoms. The molecule has 0 heterocycles. The van der Waals surface area contributed by atoms with Crippen molar-refractivity contribution in [3.63, 3.8) is 0 Å². The van der Waals surface area contributed by atoms with Gasteiger partial charge in [0.05, 0.1) is 0 Å². The van der Waals surface area contributed by atoms with E-state index in [9.17, 15) is 0 Å². The molecule has 0 N–H and O–H groups in total. The van der Waals surface area contributed by atoms with E-state index in [-0.39, 0.29) is 0 Å². The number of thiocyanates is 1. The number of thioether (sulfide) groups is 1. The van der Waals surface area contributed by atoms with Crippen molar-refractivity contribution in [3.05, 3.63) is 35.9 Å². The Hall–Kier alpha value is -0.980. The fourth-order valence-corrected chi connectivity index (χ4v) is 1.11. The summed E-state index contributed by atoms with van der Waals surface area (Å²) in [5, 5.41) is 10.3. The highest BCUT2D eigenvalue weighted by atomic mass is 32.2. The Morgan fingerprint density at radius 3 is 2.14 bits per heavy atom. The van der Waals surface area contributed by atoms with Crippen molar-refractivity contribution in [2.75, 3.05) is 21.1 Å². The zero-order valence-corrected chi connectivity index (χ0v) is 9.71. The fourth-order valence-electron chi connectivity index (χ4n) is 0.690. The molecule has 14 heavy (non-hydrogen) atoms. The molecule has 0 aliphatic heterocycles. The molecule has 0 amide bonds. The minimum atomic E-state index is 0.789. The summed E-state index contributed by atoms with van der Waals surface area (Å²) in [5.74, 6) is 0.789. The first-order valence-corrected chi connectivity index (χ1v) is 5.31. The zero-order valence-electron chi connectivity index (χ0n) is 8.90. The maximum atomic E-state index is 8.24. The standard InChI is InChI=1S/C8H7NS.C3H9N/c9-7-10-6-8-4-2-1-3-5-8;1-4(2)3/h1-5H,6H2;1-3H3. The maximum absolute atomic E-state index is 8.24. The van der Waals surface area contributed by atoms with Crippen molar-refractivity contribution in [1.29, 1.82) is 5.26 Å². The first kappa shape index (κ1) is 13.0. The minimum Gasteiger partial charge on any atom is -0.312 e. The van der Waals surface area contributed by atoms with Gasteiger partial charge in [0.1, 0.15) is 5.40 Å². The molecule has 0 radical (unpaired) electrons. The summed E-state index contributed by atoms with van der Waals surface area (Å²) in [7, 11) is 6.00. The van der Waals surface area contributed by atoms with Crippen molar-refractivity contribution in [1.82, 2.24) is 4.90 Å². The lowest BCUT2D eigenvalue weighted by molar-refractivity contribution is 0.505. The second-order valence-electron chi connectivity index (χ2n) is 3.21. The van der Waals surface area contributed by atoms with Crippen molar-refractivity contribution < 1.29 is 0 Å². The monoisotopic (exact) mass is 208 g/mol. The minimum absolute atomic E-state index is 0.789. The van der Waals surface area contributed by atoms with E-state index in [1.54, 1.807) is 0 Å². The molecule has 1 rings (SSSR count). The van der Waals surface area contributed by atoms with E-state index in [0.717, 1.165) is 5.75 Å². The van der Waals surface area contributed by atoms with Gasteiger partial charge in [0.15, 0.2) is 0 Å². The third-order valence-electron chi connectivity index (χ3n) is 1.15. The van der Waals surface area contributed by atoms with Crippen LogP contribution in [0, 0.1) is 10.7 Å². The molecule has 0 bridgehead atoms. The lowest BCUT2D eigenvalue weighted by Gasteiger charge is -1.92. The average molecular weight is 208 g/mol. The Kier molecular flexibility index (Phi) is 8.01. The fraction of sp³-hybridized carbons (Fsp3) is 0.364. The third-order valence-corrected chi connectivity index (χ3v) is 1.75. The van der Waals surface area contributed by atoms with Gasteiger partial charge in [0.25, 0.3) is 0 Å². The van der Waals surface area contributed by atoms with E-state index >= 15 is 0 Å². The first-order chi connectivity index (χ1) is 6.66. The lowest BCUT2D eigenvalue weighted by atomic mass is 10.2. The summed E-state index contributed by atoms with van der Waals surface area (Å²) in [4.78, 5) is 2.00. The Bertz CT molecular complexity index is 262. The van der Waals surface area contributed by atoms with Gasteiger partial charge in [-0.3, -0.25) is 0 Å². The van der Waals surface area contributed by atoms with Crippen LogP contribution in [-0.4, -0.2) is 26.0 Å². The van der Waals surface area contributed by atoms with Crippen molar-refractivity contribution in [2.45, 2.75) is 5.75 Å². The van der Waals surface area contributed by atoms with E-state index in [1.165, 1.54) is 17.3 Å². The van der Waals surface area contributed by atoms with Gasteiger partial charge in [0, 0.05) is 5.75 Å². The molecule has 0 unspecified atom stereocenters. The van der Waals surface area contributed by atoms with Crippen LogP contribution in [0.2, 0.25) is 0 Å². The van der Waals surface area contributed by atoms with Crippen LogP contribution in [0.1, 0.15) is 5.56 Å². The van der Waals surface area contributed by atoms with E-state index in [0.29, 0.717) is 0 Å². The topological polar surface area (TPSA) is 27.0 Å². The van der Waals surface area contributed by atoms with Crippen LogP contribution >= 0.6 is 11.8 Å². The van der Waals surface area contributed by atoms with E-state index in [1.807, 2.05) is 61.8 Å². The van der Waals surface area contributed by atoms with Crippen molar-refractivity contribution in [3.8, 4) is 5.40 Å². The van der Waals surface area contributed by atoms with Crippen LogP contribution < -0.4 is 0 Å². The second-order valence-corrected chi connectivity index (χ2v) is 3.97. The lowest BCUT2D eigenvalue weighted by Crippen LogP contribution is -1.99. The quantitative estimate of drug-likeness (QED) is 0.699. The summed E-state index contributed by atoms with van der Waals surface area (Å²) >= 11 is 1.27. The highest BCUT2D eigenvalue weighted by Gasteiger charge is 1.88. The highest BCUT2D eigenvalue weighted by Crippen LogP contribution is 2.08. The summed E-state index contributed by atoms with van der Waals surface area (Å²) in [6.07, 6.45) is 0. The molecule has 0 fully saturated rings. The van der Waals surface area contributed by atoms with Gasteiger partial charge in [-0.2, -0.15) is 5.26 Å². The molecule has 76 valence electrons. The van der Waals surface area contributed by atoms with Crippen molar-refractivity contribution >= 4 is 11.8 Å². The first-order valence-electron chi connectivity index (χ1n) is 4.32. The highest BCUT2D eigenvalue weighted by molar-refractivity contribution is 8.02. The number of benzene rings is 1. The Labute approximate surface area is 90.5 Å². The van der Waals surface area contributed by atoms with Gasteiger partial charge >= 0.3 is 0 Å². The molecule has 0 aromatic heterocycles. The Balaban J connectivity index is 0.000000364. The number of nitriles is 1. The average Bonchev–Trinajstić information content (AvgIpc) is 2.15. The van der Waals surface area contributed by atoms with Gasteiger partial charge in [-0.15, -0.1) is 0 Å². The van der Waals surface area contributed by atoms with Gasteiger partial charge < -0.3 is 4.90 Å². The maximum Gasteiger partial charge on any atom is 0.133 e. The third kappa shape index (κ3) is 9.11. The number of hydrogen-bond acceptors (Lipinski definition) is 3. The number of nitrogens with zero attached hydrogens (tertiary/aromatic N) is 2. The predicted octanol–water partition coefficient (Wildman–Crippen LogP) is 2.58. The van der Waals surface area contributed by atoms with Gasteiger partial charge in [-0.1, -0.05) is 30.3 Å². The summed E-state index contributed by atoms with van der Waals surface area (Å²) in [6.45, 7) is 0. The van der Waals surface area contributed by atoms with E-state index in [4.69, 9.17) is 5.26 Å². The molecule has 2 nitrogen and oxygen atoms in total. The van der Waals surface area contributed by atoms with Crippen LogP contribution in [0.25, 0.3) is 0 Å². The van der Waals surface area contributed by atoms with Crippen LogP contribution in [0.3, 0.4) is 0 Å². The molecule has 0 aliphatic rings. The van der Waals surface area contributed by atoms with Crippen LogP contribution in [0.15, 0.2) is 30.3 Å². The van der Waals surface area contributed by atoms with E-state index < -0.39 is 0 Å². The second kappa shape index (κ2) is 8.61. The van der Waals surface area contributed by atoms with Crippen LogP contribution in [0.4, 0.5) is 0 Å². The van der Waals surface area contributed by atoms with Gasteiger partial charge in [-0.05, 0) is 38.5 Å². The molecule has 0 saturated heterocycles. The predicted molar refractivity (Wildman–Crippen MR) is 63.0 cm³/mol. The van der Waals surface area contributed by atoms with Gasteiger partial charge in [0.2, 0.25) is 0 Å².